The molecule has 0 atom stereocenters. The highest BCUT2D eigenvalue weighted by Crippen LogP contribution is 2.24. The van der Waals surface area contributed by atoms with E-state index in [4.69, 9.17) is 9.56 Å². The van der Waals surface area contributed by atoms with Crippen molar-refractivity contribution in [3.05, 3.63) is 57.1 Å². The molecule has 7 nitrogen and oxygen atoms in total. The zero-order valence-corrected chi connectivity index (χ0v) is 16.7. The van der Waals surface area contributed by atoms with Crippen LogP contribution in [0.25, 0.3) is 11.5 Å². The smallest absolute Gasteiger partial charge is 0.251 e. The Labute approximate surface area is 161 Å². The third-order valence-corrected chi connectivity index (χ3v) is 5.96. The molecule has 3 N–H and O–H groups in total. The van der Waals surface area contributed by atoms with Crippen molar-refractivity contribution in [1.82, 2.24) is 10.3 Å². The van der Waals surface area contributed by atoms with E-state index in [1.54, 1.807) is 32.0 Å². The van der Waals surface area contributed by atoms with Crippen molar-refractivity contribution < 1.29 is 17.6 Å². The monoisotopic (exact) mass is 405 g/mol. The number of primary sulfonamides is 1. The van der Waals surface area contributed by atoms with Gasteiger partial charge in [-0.3, -0.25) is 4.79 Å². The number of sulfonamides is 1. The van der Waals surface area contributed by atoms with Crippen molar-refractivity contribution in [1.29, 1.82) is 0 Å². The summed E-state index contributed by atoms with van der Waals surface area (Å²) in [4.78, 5) is 16.7. The summed E-state index contributed by atoms with van der Waals surface area (Å²) >= 11 is 1.53. The van der Waals surface area contributed by atoms with Crippen LogP contribution >= 0.6 is 11.3 Å². The molecule has 0 bridgehead atoms. The maximum Gasteiger partial charge on any atom is 0.251 e. The molecular weight excluding hydrogens is 386 g/mol. The number of aryl methyl sites for hydroxylation is 2. The summed E-state index contributed by atoms with van der Waals surface area (Å²) in [5.41, 5.74) is 2.18. The topological polar surface area (TPSA) is 115 Å². The minimum atomic E-state index is -3.91. The number of nitrogens with two attached hydrogens (primary N) is 1. The van der Waals surface area contributed by atoms with E-state index >= 15 is 0 Å². The Morgan fingerprint density at radius 2 is 2.00 bits per heavy atom. The first-order valence-electron chi connectivity index (χ1n) is 8.08. The summed E-state index contributed by atoms with van der Waals surface area (Å²) in [5.74, 6) is 0.788. The maximum absolute atomic E-state index is 12.4. The van der Waals surface area contributed by atoms with Crippen LogP contribution in [0.2, 0.25) is 0 Å². The van der Waals surface area contributed by atoms with E-state index in [1.165, 1.54) is 17.4 Å². The molecular formula is C18H19N3O4S2. The van der Waals surface area contributed by atoms with Crippen LogP contribution in [0.4, 0.5) is 0 Å². The molecule has 0 saturated carbocycles. The van der Waals surface area contributed by atoms with E-state index in [2.05, 4.69) is 10.3 Å². The second-order valence-corrected chi connectivity index (χ2v) is 8.75. The Morgan fingerprint density at radius 3 is 2.63 bits per heavy atom. The van der Waals surface area contributed by atoms with Crippen LogP contribution in [0.1, 0.15) is 32.3 Å². The Hall–Kier alpha value is -2.49. The molecule has 2 heterocycles. The summed E-state index contributed by atoms with van der Waals surface area (Å²) < 4.78 is 29.2. The molecule has 0 saturated heterocycles. The first kappa shape index (κ1) is 19.3. The lowest BCUT2D eigenvalue weighted by atomic mass is 10.1. The predicted molar refractivity (Wildman–Crippen MR) is 103 cm³/mol. The number of nitrogens with one attached hydrogen (secondary N) is 1. The van der Waals surface area contributed by atoms with Crippen molar-refractivity contribution in [3.63, 3.8) is 0 Å². The largest absolute Gasteiger partial charge is 0.458 e. The SMILES string of the molecule is Cc1nc(-c2ccc(CNC(=O)c3cc(C)c(C)c(S(N)(=O)=O)c3)o2)cs1. The lowest BCUT2D eigenvalue weighted by molar-refractivity contribution is 0.0948. The number of hydrogen-bond acceptors (Lipinski definition) is 6. The predicted octanol–water partition coefficient (Wildman–Crippen LogP) is 2.91. The molecule has 1 amide bonds. The lowest BCUT2D eigenvalue weighted by Gasteiger charge is -2.10. The molecule has 2 aromatic heterocycles. The molecule has 142 valence electrons. The molecule has 9 heteroatoms. The van der Waals surface area contributed by atoms with Crippen LogP contribution in [-0.4, -0.2) is 19.3 Å². The summed E-state index contributed by atoms with van der Waals surface area (Å²) in [6, 6.07) is 6.48. The van der Waals surface area contributed by atoms with Crippen LogP contribution in [-0.2, 0) is 16.6 Å². The number of carbonyl (C=O) groups excluding carboxylic acids is 1. The Balaban J connectivity index is 1.75. The molecule has 0 radical (unpaired) electrons. The van der Waals surface area contributed by atoms with Crippen molar-refractivity contribution >= 4 is 27.3 Å². The van der Waals surface area contributed by atoms with E-state index in [0.717, 1.165) is 10.7 Å². The van der Waals surface area contributed by atoms with Gasteiger partial charge in [0.05, 0.1) is 16.4 Å². The fourth-order valence-corrected chi connectivity index (χ4v) is 4.09. The van der Waals surface area contributed by atoms with E-state index in [0.29, 0.717) is 22.6 Å². The minimum Gasteiger partial charge on any atom is -0.458 e. The van der Waals surface area contributed by atoms with Gasteiger partial charge in [0, 0.05) is 10.9 Å². The first-order valence-corrected chi connectivity index (χ1v) is 10.5. The second kappa shape index (κ2) is 7.26. The van der Waals surface area contributed by atoms with Gasteiger partial charge in [0.25, 0.3) is 5.91 Å². The molecule has 0 aliphatic rings. The van der Waals surface area contributed by atoms with Crippen molar-refractivity contribution in [3.8, 4) is 11.5 Å². The van der Waals surface area contributed by atoms with Gasteiger partial charge in [0.2, 0.25) is 10.0 Å². The van der Waals surface area contributed by atoms with E-state index in [9.17, 15) is 13.2 Å². The number of aromatic nitrogens is 1. The molecule has 3 aromatic rings. The van der Waals surface area contributed by atoms with Crippen LogP contribution in [0.15, 0.2) is 39.0 Å². The van der Waals surface area contributed by atoms with Crippen LogP contribution in [0.3, 0.4) is 0 Å². The quantitative estimate of drug-likeness (QED) is 0.677. The summed E-state index contributed by atoms with van der Waals surface area (Å²) in [7, 11) is -3.91. The third-order valence-electron chi connectivity index (χ3n) is 4.14. The molecule has 1 aromatic carbocycles. The summed E-state index contributed by atoms with van der Waals surface area (Å²) in [5, 5.41) is 10.8. The van der Waals surface area contributed by atoms with Gasteiger partial charge in [-0.05, 0) is 56.2 Å². The molecule has 0 fully saturated rings. The molecule has 27 heavy (non-hydrogen) atoms. The molecule has 0 unspecified atom stereocenters. The van der Waals surface area contributed by atoms with Gasteiger partial charge in [0.1, 0.15) is 11.5 Å². The van der Waals surface area contributed by atoms with Crippen molar-refractivity contribution in [2.75, 3.05) is 0 Å². The highest BCUT2D eigenvalue weighted by molar-refractivity contribution is 7.89. The van der Waals surface area contributed by atoms with Crippen LogP contribution in [0.5, 0.6) is 0 Å². The highest BCUT2D eigenvalue weighted by atomic mass is 32.2. The fraction of sp³-hybridized carbons (Fsp3) is 0.222. The Morgan fingerprint density at radius 1 is 1.26 bits per heavy atom. The highest BCUT2D eigenvalue weighted by Gasteiger charge is 2.18. The van der Waals surface area contributed by atoms with Gasteiger partial charge < -0.3 is 9.73 Å². The van der Waals surface area contributed by atoms with E-state index < -0.39 is 15.9 Å². The van der Waals surface area contributed by atoms with E-state index in [1.807, 2.05) is 12.3 Å². The molecule has 3 rings (SSSR count). The molecule has 0 aliphatic heterocycles. The van der Waals surface area contributed by atoms with Gasteiger partial charge in [-0.15, -0.1) is 11.3 Å². The zero-order chi connectivity index (χ0) is 19.8. The number of thiazole rings is 1. The van der Waals surface area contributed by atoms with Gasteiger partial charge in [0.15, 0.2) is 5.76 Å². The molecule has 0 spiro atoms. The second-order valence-electron chi connectivity index (χ2n) is 6.16. The third kappa shape index (κ3) is 4.26. The molecule has 0 aliphatic carbocycles. The number of benzene rings is 1. The Bertz CT molecular complexity index is 1110. The fourth-order valence-electron chi connectivity index (χ4n) is 2.61. The number of furan rings is 1. The van der Waals surface area contributed by atoms with Gasteiger partial charge >= 0.3 is 0 Å². The average Bonchev–Trinajstić information content (AvgIpc) is 3.22. The van der Waals surface area contributed by atoms with Crippen molar-refractivity contribution in [2.24, 2.45) is 5.14 Å². The van der Waals surface area contributed by atoms with Crippen LogP contribution < -0.4 is 10.5 Å². The first-order chi connectivity index (χ1) is 12.6. The van der Waals surface area contributed by atoms with Gasteiger partial charge in [-0.2, -0.15) is 0 Å². The summed E-state index contributed by atoms with van der Waals surface area (Å²) in [6.45, 7) is 5.47. The standard InChI is InChI=1S/C18H19N3O4S2/c1-10-6-13(7-17(11(10)2)27(19,23)24)18(22)20-8-14-4-5-16(25-14)15-9-26-12(3)21-15/h4-7,9H,8H2,1-3H3,(H,20,22)(H2,19,23,24). The van der Waals surface area contributed by atoms with Crippen LogP contribution in [0, 0.1) is 20.8 Å². The van der Waals surface area contributed by atoms with Gasteiger partial charge in [-0.25, -0.2) is 18.5 Å². The number of rotatable bonds is 5. The van der Waals surface area contributed by atoms with Crippen molar-refractivity contribution in [2.45, 2.75) is 32.2 Å². The number of nitrogens with zero attached hydrogens (tertiary/aromatic N) is 1. The van der Waals surface area contributed by atoms with E-state index in [-0.39, 0.29) is 17.0 Å². The maximum atomic E-state index is 12.4. The minimum absolute atomic E-state index is 0.0492. The summed E-state index contributed by atoms with van der Waals surface area (Å²) in [6.07, 6.45) is 0. The number of hydrogen-bond donors (Lipinski definition) is 2. The zero-order valence-electron chi connectivity index (χ0n) is 15.1. The number of carbonyl (C=O) groups is 1. The Kier molecular flexibility index (Phi) is 5.18. The number of amides is 1. The van der Waals surface area contributed by atoms with Gasteiger partial charge in [-0.1, -0.05) is 0 Å². The average molecular weight is 406 g/mol. The lowest BCUT2D eigenvalue weighted by Crippen LogP contribution is -2.24. The normalized spacial score (nSPS) is 11.6.